The number of nitrogens with zero attached hydrogens (tertiary/aromatic N) is 2. The highest BCUT2D eigenvalue weighted by Crippen LogP contribution is 2.31. The number of hydrogen-bond acceptors (Lipinski definition) is 5. The topological polar surface area (TPSA) is 71.1 Å². The molecule has 0 saturated carbocycles. The summed E-state index contributed by atoms with van der Waals surface area (Å²) in [6.07, 6.45) is 0. The molecule has 2 amide bonds. The second-order valence-electron chi connectivity index (χ2n) is 6.95. The van der Waals surface area contributed by atoms with Crippen LogP contribution >= 0.6 is 11.6 Å². The number of ether oxygens (including phenoxy) is 2. The average molecular weight is 416 g/mol. The van der Waals surface area contributed by atoms with E-state index in [1.807, 2.05) is 17.0 Å². The molecule has 2 aliphatic heterocycles. The van der Waals surface area contributed by atoms with Gasteiger partial charge < -0.3 is 19.7 Å². The third-order valence-electron chi connectivity index (χ3n) is 4.96. The van der Waals surface area contributed by atoms with Crippen molar-refractivity contribution in [3.05, 3.63) is 53.1 Å². The number of para-hydroxylation sites is 1. The number of rotatable bonds is 4. The summed E-state index contributed by atoms with van der Waals surface area (Å²) in [5, 5.41) is 3.34. The molecule has 1 N–H and O–H groups in total. The second-order valence-corrected chi connectivity index (χ2v) is 7.36. The molecule has 1 saturated heterocycles. The monoisotopic (exact) mass is 415 g/mol. The van der Waals surface area contributed by atoms with E-state index in [0.717, 1.165) is 0 Å². The third kappa shape index (κ3) is 4.63. The lowest BCUT2D eigenvalue weighted by Crippen LogP contribution is -2.50. The van der Waals surface area contributed by atoms with Gasteiger partial charge in [0.15, 0.2) is 11.5 Å². The number of nitrogens with one attached hydrogen (secondary N) is 1. The van der Waals surface area contributed by atoms with E-state index >= 15 is 0 Å². The molecule has 7 nitrogen and oxygen atoms in total. The van der Waals surface area contributed by atoms with Crippen molar-refractivity contribution in [2.45, 2.75) is 0 Å². The van der Waals surface area contributed by atoms with Gasteiger partial charge in [0.25, 0.3) is 5.91 Å². The smallest absolute Gasteiger partial charge is 0.254 e. The van der Waals surface area contributed by atoms with Crippen LogP contribution in [0.1, 0.15) is 10.4 Å². The minimum absolute atomic E-state index is 0.0397. The van der Waals surface area contributed by atoms with Gasteiger partial charge in [-0.1, -0.05) is 23.7 Å². The lowest BCUT2D eigenvalue weighted by molar-refractivity contribution is -0.117. The fourth-order valence-electron chi connectivity index (χ4n) is 3.42. The molecule has 152 valence electrons. The van der Waals surface area contributed by atoms with Crippen molar-refractivity contribution in [1.82, 2.24) is 9.80 Å². The zero-order chi connectivity index (χ0) is 20.2. The molecule has 2 heterocycles. The van der Waals surface area contributed by atoms with Gasteiger partial charge in [-0.05, 0) is 30.3 Å². The van der Waals surface area contributed by atoms with E-state index < -0.39 is 0 Å². The number of carbonyl (C=O) groups excluding carboxylic acids is 2. The van der Waals surface area contributed by atoms with Crippen LogP contribution in [0.25, 0.3) is 0 Å². The van der Waals surface area contributed by atoms with Gasteiger partial charge in [-0.2, -0.15) is 0 Å². The van der Waals surface area contributed by atoms with Crippen molar-refractivity contribution >= 4 is 29.1 Å². The van der Waals surface area contributed by atoms with Crippen molar-refractivity contribution < 1.29 is 19.1 Å². The van der Waals surface area contributed by atoms with Crippen LogP contribution < -0.4 is 14.8 Å². The third-order valence-corrected chi connectivity index (χ3v) is 5.29. The maximum absolute atomic E-state index is 12.8. The van der Waals surface area contributed by atoms with Gasteiger partial charge in [-0.15, -0.1) is 0 Å². The highest BCUT2D eigenvalue weighted by atomic mass is 35.5. The van der Waals surface area contributed by atoms with E-state index in [4.69, 9.17) is 21.1 Å². The first-order valence-corrected chi connectivity index (χ1v) is 9.93. The van der Waals surface area contributed by atoms with E-state index in [0.29, 0.717) is 67.2 Å². The molecular formula is C21H22ClN3O4. The SMILES string of the molecule is O=C(CN1CCN(C(=O)c2ccc3c(c2)OCCO3)CC1)Nc1ccccc1Cl. The Bertz CT molecular complexity index is 913. The molecule has 2 aromatic carbocycles. The summed E-state index contributed by atoms with van der Waals surface area (Å²) in [6.45, 7) is 3.65. The van der Waals surface area contributed by atoms with Crippen LogP contribution in [0, 0.1) is 0 Å². The van der Waals surface area contributed by atoms with Gasteiger partial charge in [0.05, 0.1) is 17.3 Å². The lowest BCUT2D eigenvalue weighted by atomic mass is 10.1. The van der Waals surface area contributed by atoms with E-state index in [1.165, 1.54) is 0 Å². The van der Waals surface area contributed by atoms with Gasteiger partial charge >= 0.3 is 0 Å². The summed E-state index contributed by atoms with van der Waals surface area (Å²) in [6, 6.07) is 12.4. The largest absolute Gasteiger partial charge is 0.486 e. The first kappa shape index (κ1) is 19.5. The number of piperazine rings is 1. The fraction of sp³-hybridized carbons (Fsp3) is 0.333. The van der Waals surface area contributed by atoms with Crippen LogP contribution in [0.5, 0.6) is 11.5 Å². The molecule has 0 spiro atoms. The van der Waals surface area contributed by atoms with E-state index in [1.54, 1.807) is 35.2 Å². The number of anilines is 1. The number of amides is 2. The Morgan fingerprint density at radius 3 is 2.45 bits per heavy atom. The second kappa shape index (κ2) is 8.71. The van der Waals surface area contributed by atoms with Crippen LogP contribution in [0.3, 0.4) is 0 Å². The highest BCUT2D eigenvalue weighted by molar-refractivity contribution is 6.33. The molecule has 0 bridgehead atoms. The number of carbonyl (C=O) groups is 2. The molecule has 8 heteroatoms. The molecule has 1 fully saturated rings. The zero-order valence-electron chi connectivity index (χ0n) is 15.9. The van der Waals surface area contributed by atoms with Crippen LogP contribution in [0.2, 0.25) is 5.02 Å². The molecule has 0 unspecified atom stereocenters. The van der Waals surface area contributed by atoms with Crippen LogP contribution in [0.15, 0.2) is 42.5 Å². The molecule has 0 aromatic heterocycles. The van der Waals surface area contributed by atoms with Crippen LogP contribution in [0.4, 0.5) is 5.69 Å². The predicted octanol–water partition coefficient (Wildman–Crippen LogP) is 2.51. The average Bonchev–Trinajstić information content (AvgIpc) is 2.75. The van der Waals surface area contributed by atoms with Gasteiger partial charge in [0.1, 0.15) is 13.2 Å². The van der Waals surface area contributed by atoms with Crippen LogP contribution in [-0.4, -0.2) is 67.6 Å². The number of halogens is 1. The lowest BCUT2D eigenvalue weighted by Gasteiger charge is -2.34. The first-order chi connectivity index (χ1) is 14.1. The standard InChI is InChI=1S/C21H22ClN3O4/c22-16-3-1-2-4-17(16)23-20(26)14-24-7-9-25(10-8-24)21(27)15-5-6-18-19(13-15)29-12-11-28-18/h1-6,13H,7-12,14H2,(H,23,26). The van der Waals surface area contributed by atoms with Gasteiger partial charge in [-0.25, -0.2) is 0 Å². The minimum atomic E-state index is -0.121. The fourth-order valence-corrected chi connectivity index (χ4v) is 3.61. The zero-order valence-corrected chi connectivity index (χ0v) is 16.7. The van der Waals surface area contributed by atoms with Crippen LogP contribution in [-0.2, 0) is 4.79 Å². The quantitative estimate of drug-likeness (QED) is 0.830. The molecule has 0 radical (unpaired) electrons. The van der Waals surface area contributed by atoms with E-state index in [2.05, 4.69) is 5.32 Å². The minimum Gasteiger partial charge on any atom is -0.486 e. The Kier molecular flexibility index (Phi) is 5.87. The Morgan fingerprint density at radius 1 is 0.966 bits per heavy atom. The molecule has 4 rings (SSSR count). The highest BCUT2D eigenvalue weighted by Gasteiger charge is 2.24. The van der Waals surface area contributed by atoms with Crippen molar-refractivity contribution in [2.75, 3.05) is 51.3 Å². The summed E-state index contributed by atoms with van der Waals surface area (Å²) in [4.78, 5) is 28.9. The summed E-state index contributed by atoms with van der Waals surface area (Å²) in [5.74, 6) is 1.12. The van der Waals surface area contributed by atoms with Gasteiger partial charge in [0.2, 0.25) is 5.91 Å². The Morgan fingerprint density at radius 2 is 1.69 bits per heavy atom. The van der Waals surface area contributed by atoms with Crippen molar-refractivity contribution in [2.24, 2.45) is 0 Å². The Labute approximate surface area is 174 Å². The van der Waals surface area contributed by atoms with Crippen molar-refractivity contribution in [3.63, 3.8) is 0 Å². The van der Waals surface area contributed by atoms with E-state index in [9.17, 15) is 9.59 Å². The Hall–Kier alpha value is -2.77. The number of benzene rings is 2. The summed E-state index contributed by atoms with van der Waals surface area (Å²) >= 11 is 6.08. The molecule has 0 aliphatic carbocycles. The number of hydrogen-bond donors (Lipinski definition) is 1. The summed E-state index contributed by atoms with van der Waals surface area (Å²) in [7, 11) is 0. The molecular weight excluding hydrogens is 394 g/mol. The predicted molar refractivity (Wildman–Crippen MR) is 110 cm³/mol. The molecule has 0 atom stereocenters. The maximum atomic E-state index is 12.8. The van der Waals surface area contributed by atoms with Crippen molar-refractivity contribution in [3.8, 4) is 11.5 Å². The summed E-state index contributed by atoms with van der Waals surface area (Å²) < 4.78 is 11.1. The normalized spacial score (nSPS) is 16.4. The van der Waals surface area contributed by atoms with Gasteiger partial charge in [0, 0.05) is 31.7 Å². The summed E-state index contributed by atoms with van der Waals surface area (Å²) in [5.41, 5.74) is 1.19. The van der Waals surface area contributed by atoms with E-state index in [-0.39, 0.29) is 18.4 Å². The molecule has 2 aliphatic rings. The molecule has 2 aromatic rings. The first-order valence-electron chi connectivity index (χ1n) is 9.56. The Balaban J connectivity index is 1.29. The number of fused-ring (bicyclic) bond motifs is 1. The van der Waals surface area contributed by atoms with Gasteiger partial charge in [-0.3, -0.25) is 14.5 Å². The molecule has 29 heavy (non-hydrogen) atoms. The van der Waals surface area contributed by atoms with Crippen molar-refractivity contribution in [1.29, 1.82) is 0 Å². The maximum Gasteiger partial charge on any atom is 0.254 e.